The first kappa shape index (κ1) is 10.5. The van der Waals surface area contributed by atoms with Crippen LogP contribution in [0.2, 0.25) is 0 Å². The van der Waals surface area contributed by atoms with Crippen LogP contribution in [0.25, 0.3) is 0 Å². The molecule has 0 aromatic heterocycles. The van der Waals surface area contributed by atoms with Crippen LogP contribution in [0.1, 0.15) is 19.4 Å². The SMILES string of the molecule is CC.Cc1ccccc1OC#N. The van der Waals surface area contributed by atoms with Crippen molar-refractivity contribution in [1.29, 1.82) is 5.26 Å². The van der Waals surface area contributed by atoms with Crippen LogP contribution < -0.4 is 4.74 Å². The fraction of sp³-hybridized carbons (Fsp3) is 0.300. The molecule has 0 unspecified atom stereocenters. The first-order valence-electron chi connectivity index (χ1n) is 3.96. The van der Waals surface area contributed by atoms with E-state index in [4.69, 9.17) is 5.26 Å². The Labute approximate surface area is 73.4 Å². The second kappa shape index (κ2) is 6.23. The van der Waals surface area contributed by atoms with Gasteiger partial charge in [0.05, 0.1) is 0 Å². The highest BCUT2D eigenvalue weighted by molar-refractivity contribution is 5.32. The molecule has 2 heteroatoms. The van der Waals surface area contributed by atoms with Crippen molar-refractivity contribution in [2.45, 2.75) is 20.8 Å². The maximum Gasteiger partial charge on any atom is 0.292 e. The Kier molecular flexibility index (Phi) is 5.46. The van der Waals surface area contributed by atoms with Crippen LogP contribution in [0.3, 0.4) is 0 Å². The van der Waals surface area contributed by atoms with E-state index < -0.39 is 0 Å². The number of hydrogen-bond donors (Lipinski definition) is 0. The average molecular weight is 163 g/mol. The van der Waals surface area contributed by atoms with Gasteiger partial charge in [-0.05, 0) is 18.6 Å². The lowest BCUT2D eigenvalue weighted by atomic mass is 10.2. The Morgan fingerprint density at radius 2 is 1.83 bits per heavy atom. The Morgan fingerprint density at radius 1 is 1.25 bits per heavy atom. The molecule has 2 nitrogen and oxygen atoms in total. The summed E-state index contributed by atoms with van der Waals surface area (Å²) < 4.78 is 4.64. The number of aryl methyl sites for hydroxylation is 1. The van der Waals surface area contributed by atoms with Gasteiger partial charge in [-0.3, -0.25) is 0 Å². The van der Waals surface area contributed by atoms with Gasteiger partial charge in [0, 0.05) is 0 Å². The van der Waals surface area contributed by atoms with E-state index in [1.165, 1.54) is 0 Å². The molecule has 0 N–H and O–H groups in total. The third kappa shape index (κ3) is 3.07. The van der Waals surface area contributed by atoms with Gasteiger partial charge in [-0.15, -0.1) is 5.26 Å². The second-order valence-electron chi connectivity index (χ2n) is 1.96. The lowest BCUT2D eigenvalue weighted by Gasteiger charge is -1.97. The second-order valence-corrected chi connectivity index (χ2v) is 1.96. The molecule has 0 aliphatic heterocycles. The minimum Gasteiger partial charge on any atom is -0.388 e. The first-order chi connectivity index (χ1) is 5.84. The van der Waals surface area contributed by atoms with Crippen LogP contribution in [0.5, 0.6) is 5.75 Å². The number of rotatable bonds is 1. The number of hydrogen-bond acceptors (Lipinski definition) is 2. The van der Waals surface area contributed by atoms with E-state index in [9.17, 15) is 0 Å². The Hall–Kier alpha value is -1.49. The molecule has 0 heterocycles. The number of ether oxygens (including phenoxy) is 1. The van der Waals surface area contributed by atoms with Crippen molar-refractivity contribution in [3.8, 4) is 12.0 Å². The van der Waals surface area contributed by atoms with Crippen LogP contribution in [-0.4, -0.2) is 0 Å². The maximum absolute atomic E-state index is 8.17. The van der Waals surface area contributed by atoms with Crippen molar-refractivity contribution in [2.75, 3.05) is 0 Å². The van der Waals surface area contributed by atoms with Gasteiger partial charge in [0.25, 0.3) is 6.26 Å². The maximum atomic E-state index is 8.17. The highest BCUT2D eigenvalue weighted by atomic mass is 16.5. The highest BCUT2D eigenvalue weighted by Gasteiger charge is 1.94. The summed E-state index contributed by atoms with van der Waals surface area (Å²) >= 11 is 0. The van der Waals surface area contributed by atoms with E-state index in [0.29, 0.717) is 5.75 Å². The van der Waals surface area contributed by atoms with Crippen LogP contribution in [-0.2, 0) is 0 Å². The normalized spacial score (nSPS) is 7.50. The summed E-state index contributed by atoms with van der Waals surface area (Å²) in [6.07, 6.45) is 1.62. The van der Waals surface area contributed by atoms with Crippen LogP contribution in [0, 0.1) is 18.4 Å². The number of nitriles is 1. The van der Waals surface area contributed by atoms with Gasteiger partial charge in [0.2, 0.25) is 0 Å². The third-order valence-electron chi connectivity index (χ3n) is 1.25. The molecule has 0 saturated carbocycles. The van der Waals surface area contributed by atoms with Crippen LogP contribution >= 0.6 is 0 Å². The lowest BCUT2D eigenvalue weighted by Crippen LogP contribution is -1.83. The molecular formula is C10H13NO. The van der Waals surface area contributed by atoms with Gasteiger partial charge < -0.3 is 4.74 Å². The summed E-state index contributed by atoms with van der Waals surface area (Å²) in [5.74, 6) is 0.630. The molecule has 64 valence electrons. The molecule has 0 spiro atoms. The average Bonchev–Trinajstić information content (AvgIpc) is 2.13. The standard InChI is InChI=1S/C8H7NO.C2H6/c1-7-4-2-3-5-8(7)10-6-9;1-2/h2-5H,1H3;1-2H3. The van der Waals surface area contributed by atoms with Crippen molar-refractivity contribution in [2.24, 2.45) is 0 Å². The Bertz CT molecular complexity index is 263. The highest BCUT2D eigenvalue weighted by Crippen LogP contribution is 2.14. The molecular weight excluding hydrogens is 150 g/mol. The van der Waals surface area contributed by atoms with Gasteiger partial charge in [-0.1, -0.05) is 32.0 Å². The summed E-state index contributed by atoms with van der Waals surface area (Å²) in [7, 11) is 0. The minimum atomic E-state index is 0.630. The smallest absolute Gasteiger partial charge is 0.292 e. The molecule has 0 saturated heterocycles. The van der Waals surface area contributed by atoms with Gasteiger partial charge in [-0.2, -0.15) is 0 Å². The molecule has 1 aromatic rings. The zero-order chi connectivity index (χ0) is 9.40. The monoisotopic (exact) mass is 163 g/mol. The molecule has 0 aliphatic rings. The number of benzene rings is 1. The Morgan fingerprint density at radius 3 is 2.33 bits per heavy atom. The van der Waals surface area contributed by atoms with E-state index in [1.54, 1.807) is 12.3 Å². The van der Waals surface area contributed by atoms with Gasteiger partial charge in [-0.25, -0.2) is 0 Å². The first-order valence-corrected chi connectivity index (χ1v) is 3.96. The van der Waals surface area contributed by atoms with Crippen molar-refractivity contribution in [1.82, 2.24) is 0 Å². The zero-order valence-corrected chi connectivity index (χ0v) is 7.66. The molecule has 1 aromatic carbocycles. The van der Waals surface area contributed by atoms with E-state index in [1.807, 2.05) is 39.0 Å². The molecule has 0 atom stereocenters. The quantitative estimate of drug-likeness (QED) is 0.596. The minimum absolute atomic E-state index is 0.630. The summed E-state index contributed by atoms with van der Waals surface area (Å²) in [6, 6.07) is 7.39. The molecule has 0 fully saturated rings. The summed E-state index contributed by atoms with van der Waals surface area (Å²) in [5, 5.41) is 8.17. The van der Waals surface area contributed by atoms with Gasteiger partial charge >= 0.3 is 0 Å². The fourth-order valence-electron chi connectivity index (χ4n) is 0.720. The largest absolute Gasteiger partial charge is 0.388 e. The molecule has 0 bridgehead atoms. The van der Waals surface area contributed by atoms with E-state index in [-0.39, 0.29) is 0 Å². The number of para-hydroxylation sites is 1. The summed E-state index contributed by atoms with van der Waals surface area (Å²) in [5.41, 5.74) is 0.976. The molecule has 0 radical (unpaired) electrons. The third-order valence-corrected chi connectivity index (χ3v) is 1.25. The zero-order valence-electron chi connectivity index (χ0n) is 7.66. The van der Waals surface area contributed by atoms with Gasteiger partial charge in [0.15, 0.2) is 0 Å². The van der Waals surface area contributed by atoms with E-state index in [0.717, 1.165) is 5.56 Å². The molecule has 0 aliphatic carbocycles. The summed E-state index contributed by atoms with van der Waals surface area (Å²) in [4.78, 5) is 0. The van der Waals surface area contributed by atoms with Gasteiger partial charge in [0.1, 0.15) is 5.75 Å². The lowest BCUT2D eigenvalue weighted by molar-refractivity contribution is 0.503. The van der Waals surface area contributed by atoms with Crippen molar-refractivity contribution < 1.29 is 4.74 Å². The predicted octanol–water partition coefficient (Wildman–Crippen LogP) is 2.88. The topological polar surface area (TPSA) is 33.0 Å². The van der Waals surface area contributed by atoms with E-state index in [2.05, 4.69) is 4.74 Å². The molecule has 12 heavy (non-hydrogen) atoms. The Balaban J connectivity index is 0.000000561. The molecule has 0 amide bonds. The van der Waals surface area contributed by atoms with Crippen molar-refractivity contribution in [3.05, 3.63) is 29.8 Å². The predicted molar refractivity (Wildman–Crippen MR) is 48.8 cm³/mol. The van der Waals surface area contributed by atoms with Crippen LogP contribution in [0.15, 0.2) is 24.3 Å². The van der Waals surface area contributed by atoms with Crippen LogP contribution in [0.4, 0.5) is 0 Å². The van der Waals surface area contributed by atoms with E-state index >= 15 is 0 Å². The fourth-order valence-corrected chi connectivity index (χ4v) is 0.720. The number of nitrogens with zero attached hydrogens (tertiary/aromatic N) is 1. The van der Waals surface area contributed by atoms with Crippen molar-refractivity contribution >= 4 is 0 Å². The summed E-state index contributed by atoms with van der Waals surface area (Å²) in [6.45, 7) is 5.90. The molecule has 1 rings (SSSR count). The van der Waals surface area contributed by atoms with Crippen molar-refractivity contribution in [3.63, 3.8) is 0 Å².